The molecule has 0 radical (unpaired) electrons. The molecule has 15 heavy (non-hydrogen) atoms. The summed E-state index contributed by atoms with van der Waals surface area (Å²) >= 11 is 5.11. The summed E-state index contributed by atoms with van der Waals surface area (Å²) < 4.78 is 5.57. The molecule has 0 atom stereocenters. The van der Waals surface area contributed by atoms with Crippen molar-refractivity contribution < 1.29 is 4.74 Å². The van der Waals surface area contributed by atoms with Crippen LogP contribution in [0.15, 0.2) is 30.3 Å². The lowest BCUT2D eigenvalue weighted by atomic mass is 10.2. The predicted octanol–water partition coefficient (Wildman–Crippen LogP) is 3.59. The molecule has 0 aliphatic heterocycles. The second kappa shape index (κ2) is 6.40. The van der Waals surface area contributed by atoms with Crippen LogP contribution in [0, 0.1) is 0 Å². The predicted molar refractivity (Wildman–Crippen MR) is 68.1 cm³/mol. The zero-order valence-corrected chi connectivity index (χ0v) is 10.0. The molecule has 1 aromatic carbocycles. The fourth-order valence-corrected chi connectivity index (χ4v) is 1.53. The molecule has 1 N–H and O–H groups in total. The van der Waals surface area contributed by atoms with Gasteiger partial charge in [0.25, 0.3) is 5.17 Å². The first-order chi connectivity index (χ1) is 7.26. The van der Waals surface area contributed by atoms with Crippen molar-refractivity contribution in [2.24, 2.45) is 0 Å². The van der Waals surface area contributed by atoms with Crippen LogP contribution in [0.5, 0.6) is 0 Å². The fraction of sp³-hybridized carbons (Fsp3) is 0.417. The minimum Gasteiger partial charge on any atom is -0.468 e. The Labute approximate surface area is 96.6 Å². The molecule has 0 fully saturated rings. The van der Waals surface area contributed by atoms with Gasteiger partial charge < -0.3 is 10.1 Å². The van der Waals surface area contributed by atoms with Crippen LogP contribution in [-0.4, -0.2) is 11.3 Å². The van der Waals surface area contributed by atoms with Gasteiger partial charge in [-0.05, 0) is 37.2 Å². The van der Waals surface area contributed by atoms with Crippen molar-refractivity contribution in [2.45, 2.75) is 32.8 Å². The number of rotatable bonds is 4. The van der Waals surface area contributed by atoms with Crippen LogP contribution in [0.1, 0.15) is 26.7 Å². The Balaban J connectivity index is 2.43. The minimum absolute atomic E-state index is 0.216. The molecule has 0 saturated heterocycles. The normalized spacial score (nSPS) is 10.1. The molecule has 1 aromatic rings. The SMILES string of the molecule is CCC(CC)OC(=S)Nc1ccccc1. The maximum atomic E-state index is 5.57. The Bertz CT molecular complexity index is 296. The Morgan fingerprint density at radius 1 is 1.27 bits per heavy atom. The molecular formula is C12H17NOS. The summed E-state index contributed by atoms with van der Waals surface area (Å²) in [5.41, 5.74) is 0.966. The maximum Gasteiger partial charge on any atom is 0.261 e. The van der Waals surface area contributed by atoms with Crippen molar-refractivity contribution in [2.75, 3.05) is 5.32 Å². The molecule has 0 aromatic heterocycles. The van der Waals surface area contributed by atoms with Gasteiger partial charge in [0.15, 0.2) is 0 Å². The summed E-state index contributed by atoms with van der Waals surface area (Å²) in [6.07, 6.45) is 2.17. The van der Waals surface area contributed by atoms with Gasteiger partial charge in [-0.15, -0.1) is 0 Å². The molecule has 0 unspecified atom stereocenters. The standard InChI is InChI=1S/C12H17NOS/c1-3-11(4-2)14-12(15)13-10-8-6-5-7-9-10/h5-9,11H,3-4H2,1-2H3,(H,13,15). The quantitative estimate of drug-likeness (QED) is 0.788. The van der Waals surface area contributed by atoms with E-state index in [1.54, 1.807) is 0 Å². The molecule has 1 rings (SSSR count). The second-order valence-corrected chi connectivity index (χ2v) is 3.71. The van der Waals surface area contributed by atoms with Crippen LogP contribution in [0.2, 0.25) is 0 Å². The highest BCUT2D eigenvalue weighted by molar-refractivity contribution is 7.80. The maximum absolute atomic E-state index is 5.57. The van der Waals surface area contributed by atoms with E-state index in [0.29, 0.717) is 5.17 Å². The molecular weight excluding hydrogens is 206 g/mol. The second-order valence-electron chi connectivity index (χ2n) is 3.33. The number of para-hydroxylation sites is 1. The molecule has 0 heterocycles. The summed E-state index contributed by atoms with van der Waals surface area (Å²) in [7, 11) is 0. The zero-order valence-electron chi connectivity index (χ0n) is 9.19. The van der Waals surface area contributed by atoms with E-state index in [0.717, 1.165) is 18.5 Å². The number of benzene rings is 1. The van der Waals surface area contributed by atoms with Crippen molar-refractivity contribution in [3.63, 3.8) is 0 Å². The molecule has 0 amide bonds. The van der Waals surface area contributed by atoms with Crippen molar-refractivity contribution >= 4 is 23.1 Å². The van der Waals surface area contributed by atoms with Gasteiger partial charge in [-0.3, -0.25) is 0 Å². The van der Waals surface area contributed by atoms with Gasteiger partial charge in [0, 0.05) is 5.69 Å². The summed E-state index contributed by atoms with van der Waals surface area (Å²) in [5, 5.41) is 3.50. The molecule has 82 valence electrons. The third kappa shape index (κ3) is 4.30. The highest BCUT2D eigenvalue weighted by Gasteiger charge is 2.06. The van der Waals surface area contributed by atoms with Crippen LogP contribution in [0.25, 0.3) is 0 Å². The van der Waals surface area contributed by atoms with E-state index >= 15 is 0 Å². The molecule has 0 bridgehead atoms. The Morgan fingerprint density at radius 3 is 2.40 bits per heavy atom. The highest BCUT2D eigenvalue weighted by Crippen LogP contribution is 2.08. The van der Waals surface area contributed by atoms with Crippen LogP contribution in [0.3, 0.4) is 0 Å². The molecule has 3 heteroatoms. The average molecular weight is 223 g/mol. The molecule has 0 aliphatic rings. The van der Waals surface area contributed by atoms with Crippen LogP contribution in [0.4, 0.5) is 5.69 Å². The zero-order chi connectivity index (χ0) is 11.1. The third-order valence-corrected chi connectivity index (χ3v) is 2.40. The van der Waals surface area contributed by atoms with Gasteiger partial charge in [0.2, 0.25) is 0 Å². The van der Waals surface area contributed by atoms with E-state index < -0.39 is 0 Å². The largest absolute Gasteiger partial charge is 0.468 e. The number of thiocarbonyl (C=S) groups is 1. The van der Waals surface area contributed by atoms with E-state index in [1.165, 1.54) is 0 Å². The van der Waals surface area contributed by atoms with Gasteiger partial charge in [-0.25, -0.2) is 0 Å². The van der Waals surface area contributed by atoms with Crippen LogP contribution in [-0.2, 0) is 4.74 Å². The Morgan fingerprint density at radius 2 is 1.87 bits per heavy atom. The van der Waals surface area contributed by atoms with Gasteiger partial charge in [0.05, 0.1) is 0 Å². The lowest BCUT2D eigenvalue weighted by molar-refractivity contribution is 0.185. The van der Waals surface area contributed by atoms with Gasteiger partial charge in [0.1, 0.15) is 6.10 Å². The van der Waals surface area contributed by atoms with E-state index in [9.17, 15) is 0 Å². The summed E-state index contributed by atoms with van der Waals surface area (Å²) in [6, 6.07) is 9.81. The topological polar surface area (TPSA) is 21.3 Å². The number of hydrogen-bond donors (Lipinski definition) is 1. The average Bonchev–Trinajstić information content (AvgIpc) is 2.27. The van der Waals surface area contributed by atoms with Gasteiger partial charge >= 0.3 is 0 Å². The summed E-state index contributed by atoms with van der Waals surface area (Å²) in [6.45, 7) is 4.19. The van der Waals surface area contributed by atoms with E-state index in [-0.39, 0.29) is 6.10 Å². The molecule has 0 aliphatic carbocycles. The first-order valence-electron chi connectivity index (χ1n) is 5.29. The number of hydrogen-bond acceptors (Lipinski definition) is 2. The first kappa shape index (κ1) is 12.0. The summed E-state index contributed by atoms with van der Waals surface area (Å²) in [4.78, 5) is 0. The van der Waals surface area contributed by atoms with Gasteiger partial charge in [-0.1, -0.05) is 32.0 Å². The monoisotopic (exact) mass is 223 g/mol. The molecule has 0 spiro atoms. The smallest absolute Gasteiger partial charge is 0.261 e. The van der Waals surface area contributed by atoms with Gasteiger partial charge in [-0.2, -0.15) is 0 Å². The number of anilines is 1. The Hall–Kier alpha value is -1.09. The van der Waals surface area contributed by atoms with E-state index in [2.05, 4.69) is 19.2 Å². The van der Waals surface area contributed by atoms with E-state index in [4.69, 9.17) is 17.0 Å². The Kier molecular flexibility index (Phi) is 5.12. The minimum atomic E-state index is 0.216. The lowest BCUT2D eigenvalue weighted by Crippen LogP contribution is -2.21. The van der Waals surface area contributed by atoms with E-state index in [1.807, 2.05) is 30.3 Å². The first-order valence-corrected chi connectivity index (χ1v) is 5.69. The molecule has 2 nitrogen and oxygen atoms in total. The van der Waals surface area contributed by atoms with Crippen molar-refractivity contribution in [1.29, 1.82) is 0 Å². The molecule has 0 saturated carbocycles. The third-order valence-electron chi connectivity index (χ3n) is 2.20. The summed E-state index contributed by atoms with van der Waals surface area (Å²) in [5.74, 6) is 0. The number of ether oxygens (including phenoxy) is 1. The lowest BCUT2D eigenvalue weighted by Gasteiger charge is -2.16. The van der Waals surface area contributed by atoms with Crippen LogP contribution < -0.4 is 5.32 Å². The highest BCUT2D eigenvalue weighted by atomic mass is 32.1. The van der Waals surface area contributed by atoms with Crippen LogP contribution >= 0.6 is 12.2 Å². The van der Waals surface area contributed by atoms with Crippen molar-refractivity contribution in [1.82, 2.24) is 0 Å². The van der Waals surface area contributed by atoms with Crippen molar-refractivity contribution in [3.05, 3.63) is 30.3 Å². The number of nitrogens with one attached hydrogen (secondary N) is 1. The fourth-order valence-electron chi connectivity index (χ4n) is 1.28. The van der Waals surface area contributed by atoms with Crippen molar-refractivity contribution in [3.8, 4) is 0 Å².